The van der Waals surface area contributed by atoms with E-state index in [1.165, 1.54) is 0 Å². The van der Waals surface area contributed by atoms with Gasteiger partial charge in [-0.2, -0.15) is 0 Å². The van der Waals surface area contributed by atoms with E-state index in [9.17, 15) is 4.79 Å². The first-order valence-corrected chi connectivity index (χ1v) is 8.94. The highest BCUT2D eigenvalue weighted by Gasteiger charge is 2.46. The number of likely N-dealkylation sites (tertiary alicyclic amines) is 1. The fourth-order valence-corrected chi connectivity index (χ4v) is 3.15. The van der Waals surface area contributed by atoms with Crippen LogP contribution in [0.1, 0.15) is 13.3 Å². The molecule has 6 heteroatoms. The maximum atomic E-state index is 12.7. The molecule has 1 heterocycles. The zero-order chi connectivity index (χ0) is 17.9. The number of amides is 1. The molecule has 1 amide bonds. The number of anilines is 1. The molecule has 0 bridgehead atoms. The van der Waals surface area contributed by atoms with Gasteiger partial charge in [0, 0.05) is 18.8 Å². The summed E-state index contributed by atoms with van der Waals surface area (Å²) < 4.78 is 5.73. The molecule has 1 N–H and O–H groups in total. The van der Waals surface area contributed by atoms with Gasteiger partial charge in [0.05, 0.1) is 15.6 Å². The van der Waals surface area contributed by atoms with Crippen molar-refractivity contribution in [3.8, 4) is 5.75 Å². The van der Waals surface area contributed by atoms with Gasteiger partial charge in [-0.1, -0.05) is 41.4 Å². The molecule has 132 valence electrons. The second kappa shape index (κ2) is 7.65. The highest BCUT2D eigenvalue weighted by Crippen LogP contribution is 2.32. The predicted octanol–water partition coefficient (Wildman–Crippen LogP) is 4.48. The Balaban J connectivity index is 1.55. The van der Waals surface area contributed by atoms with Crippen molar-refractivity contribution in [2.45, 2.75) is 18.9 Å². The molecule has 2 aromatic rings. The van der Waals surface area contributed by atoms with Crippen LogP contribution in [0.15, 0.2) is 48.5 Å². The van der Waals surface area contributed by atoms with Crippen LogP contribution in [0, 0.1) is 0 Å². The van der Waals surface area contributed by atoms with E-state index in [0.29, 0.717) is 28.9 Å². The quantitative estimate of drug-likeness (QED) is 0.805. The number of para-hydroxylation sites is 1. The predicted molar refractivity (Wildman–Crippen MR) is 102 cm³/mol. The van der Waals surface area contributed by atoms with Gasteiger partial charge in [-0.3, -0.25) is 9.69 Å². The van der Waals surface area contributed by atoms with Crippen molar-refractivity contribution in [1.29, 1.82) is 0 Å². The molecule has 4 nitrogen and oxygen atoms in total. The number of nitrogens with one attached hydrogen (secondary N) is 1. The van der Waals surface area contributed by atoms with Crippen molar-refractivity contribution in [3.63, 3.8) is 0 Å². The number of carbonyl (C=O) groups is 1. The minimum absolute atomic E-state index is 0.0446. The highest BCUT2D eigenvalue weighted by atomic mass is 35.5. The lowest BCUT2D eigenvalue weighted by molar-refractivity contribution is -0.135. The minimum Gasteiger partial charge on any atom is -0.492 e. The van der Waals surface area contributed by atoms with Crippen LogP contribution in [0.25, 0.3) is 0 Å². The third-order valence-corrected chi connectivity index (χ3v) is 5.35. The SMILES string of the molecule is CC1(C(=O)Nc2ccc(Cl)c(Cl)c2)CCN1CCOc1ccccc1. The first-order chi connectivity index (χ1) is 12.0. The second-order valence-electron chi connectivity index (χ2n) is 6.26. The Kier molecular flexibility index (Phi) is 5.52. The average Bonchev–Trinajstić information content (AvgIpc) is 2.61. The van der Waals surface area contributed by atoms with E-state index >= 15 is 0 Å². The van der Waals surface area contributed by atoms with Crippen molar-refractivity contribution in [3.05, 3.63) is 58.6 Å². The fraction of sp³-hybridized carbons (Fsp3) is 0.316. The average molecular weight is 379 g/mol. The summed E-state index contributed by atoms with van der Waals surface area (Å²) in [6.45, 7) is 4.06. The molecule has 3 rings (SSSR count). The van der Waals surface area contributed by atoms with E-state index in [1.807, 2.05) is 37.3 Å². The van der Waals surface area contributed by atoms with Crippen LogP contribution < -0.4 is 10.1 Å². The maximum absolute atomic E-state index is 12.7. The van der Waals surface area contributed by atoms with Gasteiger partial charge in [-0.15, -0.1) is 0 Å². The number of nitrogens with zero attached hydrogens (tertiary/aromatic N) is 1. The largest absolute Gasteiger partial charge is 0.492 e. The van der Waals surface area contributed by atoms with Crippen molar-refractivity contribution < 1.29 is 9.53 Å². The van der Waals surface area contributed by atoms with Crippen LogP contribution in [0.2, 0.25) is 10.0 Å². The standard InChI is InChI=1S/C19H20Cl2N2O2/c1-19(18(24)22-14-7-8-16(20)17(21)13-14)9-10-23(19)11-12-25-15-5-3-2-4-6-15/h2-8,13H,9-12H2,1H3,(H,22,24). The third kappa shape index (κ3) is 4.09. The molecule has 0 spiro atoms. The smallest absolute Gasteiger partial charge is 0.244 e. The molecule has 25 heavy (non-hydrogen) atoms. The van der Waals surface area contributed by atoms with Crippen LogP contribution in [-0.2, 0) is 4.79 Å². The van der Waals surface area contributed by atoms with Crippen molar-refractivity contribution >= 4 is 34.8 Å². The van der Waals surface area contributed by atoms with Crippen molar-refractivity contribution in [1.82, 2.24) is 4.90 Å². The topological polar surface area (TPSA) is 41.6 Å². The van der Waals surface area contributed by atoms with Gasteiger partial charge in [-0.05, 0) is 43.7 Å². The fourth-order valence-electron chi connectivity index (χ4n) is 2.85. The highest BCUT2D eigenvalue weighted by molar-refractivity contribution is 6.42. The van der Waals surface area contributed by atoms with Crippen LogP contribution in [0.3, 0.4) is 0 Å². The van der Waals surface area contributed by atoms with Crippen LogP contribution in [0.5, 0.6) is 5.75 Å². The van der Waals surface area contributed by atoms with Gasteiger partial charge in [0.1, 0.15) is 12.4 Å². The molecule has 1 saturated heterocycles. The Morgan fingerprint density at radius 2 is 1.96 bits per heavy atom. The third-order valence-electron chi connectivity index (χ3n) is 4.61. The molecule has 1 aliphatic rings. The number of benzene rings is 2. The van der Waals surface area contributed by atoms with Gasteiger partial charge in [0.2, 0.25) is 5.91 Å². The van der Waals surface area contributed by atoms with Crippen LogP contribution in [0.4, 0.5) is 5.69 Å². The van der Waals surface area contributed by atoms with E-state index in [-0.39, 0.29) is 5.91 Å². The molecule has 1 aliphatic heterocycles. The Hall–Kier alpha value is -1.75. The van der Waals surface area contributed by atoms with Gasteiger partial charge in [0.25, 0.3) is 0 Å². The van der Waals surface area contributed by atoms with Gasteiger partial charge in [-0.25, -0.2) is 0 Å². The van der Waals surface area contributed by atoms with Crippen molar-refractivity contribution in [2.75, 3.05) is 25.0 Å². The number of hydrogen-bond donors (Lipinski definition) is 1. The summed E-state index contributed by atoms with van der Waals surface area (Å²) >= 11 is 11.9. The summed E-state index contributed by atoms with van der Waals surface area (Å²) in [7, 11) is 0. The lowest BCUT2D eigenvalue weighted by Crippen LogP contribution is -2.65. The van der Waals surface area contributed by atoms with E-state index in [0.717, 1.165) is 18.7 Å². The molecule has 0 saturated carbocycles. The molecule has 1 fully saturated rings. The number of halogens is 2. The molecule has 0 aromatic heterocycles. The summed E-state index contributed by atoms with van der Waals surface area (Å²) in [6.07, 6.45) is 0.811. The zero-order valence-corrected chi connectivity index (χ0v) is 15.5. The van der Waals surface area contributed by atoms with E-state index < -0.39 is 5.54 Å². The minimum atomic E-state index is -0.536. The first-order valence-electron chi connectivity index (χ1n) is 8.18. The van der Waals surface area contributed by atoms with Crippen molar-refractivity contribution in [2.24, 2.45) is 0 Å². The lowest BCUT2D eigenvalue weighted by atomic mass is 9.85. The number of rotatable bonds is 6. The Labute approximate surface area is 157 Å². The lowest BCUT2D eigenvalue weighted by Gasteiger charge is -2.49. The Bertz CT molecular complexity index is 754. The number of ether oxygens (including phenoxy) is 1. The Morgan fingerprint density at radius 3 is 2.60 bits per heavy atom. The van der Waals surface area contributed by atoms with E-state index in [2.05, 4.69) is 10.2 Å². The van der Waals surface area contributed by atoms with Crippen LogP contribution >= 0.6 is 23.2 Å². The zero-order valence-electron chi connectivity index (χ0n) is 14.0. The van der Waals surface area contributed by atoms with E-state index in [4.69, 9.17) is 27.9 Å². The van der Waals surface area contributed by atoms with Gasteiger partial charge in [0.15, 0.2) is 0 Å². The Morgan fingerprint density at radius 1 is 1.20 bits per heavy atom. The summed E-state index contributed by atoms with van der Waals surface area (Å²) in [5.74, 6) is 0.793. The summed E-state index contributed by atoms with van der Waals surface area (Å²) in [6, 6.07) is 14.8. The maximum Gasteiger partial charge on any atom is 0.244 e. The molecule has 1 atom stereocenters. The van der Waals surface area contributed by atoms with Crippen LogP contribution in [-0.4, -0.2) is 36.0 Å². The monoisotopic (exact) mass is 378 g/mol. The second-order valence-corrected chi connectivity index (χ2v) is 7.07. The summed E-state index contributed by atoms with van der Waals surface area (Å²) in [5.41, 5.74) is 0.111. The van der Waals surface area contributed by atoms with Gasteiger partial charge < -0.3 is 10.1 Å². The van der Waals surface area contributed by atoms with Gasteiger partial charge >= 0.3 is 0 Å². The molecule has 2 aromatic carbocycles. The summed E-state index contributed by atoms with van der Waals surface area (Å²) in [5, 5.41) is 3.82. The normalized spacial score (nSPS) is 20.0. The summed E-state index contributed by atoms with van der Waals surface area (Å²) in [4.78, 5) is 14.8. The molecule has 1 unspecified atom stereocenters. The number of hydrogen-bond acceptors (Lipinski definition) is 3. The van der Waals surface area contributed by atoms with E-state index in [1.54, 1.807) is 18.2 Å². The number of carbonyl (C=O) groups excluding carboxylic acids is 1. The molecule has 0 radical (unpaired) electrons. The molecule has 0 aliphatic carbocycles. The first kappa shape index (κ1) is 18.1. The molecular formula is C19H20Cl2N2O2. The molecular weight excluding hydrogens is 359 g/mol.